The quantitative estimate of drug-likeness (QED) is 0.602. The molecule has 0 saturated heterocycles. The van der Waals surface area contributed by atoms with Crippen LogP contribution in [-0.2, 0) is 16.0 Å². The van der Waals surface area contributed by atoms with E-state index in [2.05, 4.69) is 4.99 Å². The van der Waals surface area contributed by atoms with Crippen molar-refractivity contribution in [1.82, 2.24) is 0 Å². The highest BCUT2D eigenvalue weighted by molar-refractivity contribution is 6.30. The Hall–Kier alpha value is -2.59. The topological polar surface area (TPSA) is 47.9 Å². The number of cyclic esters (lactones) is 1. The molecule has 2 aromatic rings. The van der Waals surface area contributed by atoms with Crippen LogP contribution >= 0.6 is 11.6 Å². The van der Waals surface area contributed by atoms with Gasteiger partial charge in [0.2, 0.25) is 0 Å². The van der Waals surface area contributed by atoms with Gasteiger partial charge in [-0.1, -0.05) is 41.9 Å². The molecule has 0 aliphatic carbocycles. The Morgan fingerprint density at radius 1 is 1.12 bits per heavy atom. The SMILES string of the molecule is COc1ccccc1/C=C1\N=C(CCc2ccc(Cl)cc2)OC1=O. The summed E-state index contributed by atoms with van der Waals surface area (Å²) in [5.41, 5.74) is 2.18. The van der Waals surface area contributed by atoms with Crippen LogP contribution in [0.15, 0.2) is 59.2 Å². The van der Waals surface area contributed by atoms with Crippen molar-refractivity contribution < 1.29 is 14.3 Å². The predicted molar refractivity (Wildman–Crippen MR) is 94.3 cm³/mol. The summed E-state index contributed by atoms with van der Waals surface area (Å²) in [6, 6.07) is 15.0. The van der Waals surface area contributed by atoms with Crippen LogP contribution in [0.25, 0.3) is 6.08 Å². The fraction of sp³-hybridized carbons (Fsp3) is 0.158. The maximum Gasteiger partial charge on any atom is 0.363 e. The number of hydrogen-bond donors (Lipinski definition) is 0. The van der Waals surface area contributed by atoms with Crippen molar-refractivity contribution >= 4 is 29.5 Å². The number of halogens is 1. The summed E-state index contributed by atoms with van der Waals surface area (Å²) in [7, 11) is 1.59. The molecule has 0 spiro atoms. The average molecular weight is 342 g/mol. The average Bonchev–Trinajstić information content (AvgIpc) is 2.95. The monoisotopic (exact) mass is 341 g/mol. The normalized spacial score (nSPS) is 15.3. The van der Waals surface area contributed by atoms with Gasteiger partial charge in [0.1, 0.15) is 5.75 Å². The summed E-state index contributed by atoms with van der Waals surface area (Å²) < 4.78 is 10.5. The van der Waals surface area contributed by atoms with Crippen molar-refractivity contribution in [3.05, 3.63) is 70.4 Å². The number of carbonyl (C=O) groups is 1. The molecule has 0 fully saturated rings. The van der Waals surface area contributed by atoms with Crippen molar-refractivity contribution in [2.24, 2.45) is 4.99 Å². The maximum absolute atomic E-state index is 12.0. The molecule has 24 heavy (non-hydrogen) atoms. The first-order chi connectivity index (χ1) is 11.7. The minimum Gasteiger partial charge on any atom is -0.496 e. The van der Waals surface area contributed by atoms with E-state index >= 15 is 0 Å². The number of carbonyl (C=O) groups excluding carboxylic acids is 1. The number of para-hydroxylation sites is 1. The molecule has 5 heteroatoms. The zero-order valence-corrected chi connectivity index (χ0v) is 13.9. The molecule has 1 aliphatic heterocycles. The number of nitrogens with zero attached hydrogens (tertiary/aromatic N) is 1. The molecular formula is C19H16ClNO3. The summed E-state index contributed by atoms with van der Waals surface area (Å²) in [5, 5.41) is 0.699. The number of aliphatic imine (C=N–C) groups is 1. The van der Waals surface area contributed by atoms with Crippen LogP contribution in [-0.4, -0.2) is 19.0 Å². The largest absolute Gasteiger partial charge is 0.496 e. The second kappa shape index (κ2) is 7.32. The summed E-state index contributed by atoms with van der Waals surface area (Å²) >= 11 is 5.87. The highest BCUT2D eigenvalue weighted by Gasteiger charge is 2.23. The van der Waals surface area contributed by atoms with E-state index in [4.69, 9.17) is 21.1 Å². The van der Waals surface area contributed by atoms with E-state index in [1.165, 1.54) is 0 Å². The van der Waals surface area contributed by atoms with Gasteiger partial charge in [-0.05, 0) is 36.3 Å². The third-order valence-corrected chi connectivity index (χ3v) is 3.89. The molecule has 0 aromatic heterocycles. The molecule has 4 nitrogen and oxygen atoms in total. The first kappa shape index (κ1) is 16.3. The molecule has 1 aliphatic rings. The van der Waals surface area contributed by atoms with Crippen LogP contribution in [0.5, 0.6) is 5.75 Å². The first-order valence-electron chi connectivity index (χ1n) is 7.54. The zero-order chi connectivity index (χ0) is 16.9. The molecule has 1 heterocycles. The van der Waals surface area contributed by atoms with Crippen molar-refractivity contribution in [3.63, 3.8) is 0 Å². The summed E-state index contributed by atoms with van der Waals surface area (Å²) in [6.07, 6.45) is 2.96. The number of rotatable bonds is 5. The predicted octanol–water partition coefficient (Wildman–Crippen LogP) is 4.28. The second-order valence-electron chi connectivity index (χ2n) is 5.29. The van der Waals surface area contributed by atoms with Gasteiger partial charge in [0, 0.05) is 17.0 Å². The third-order valence-electron chi connectivity index (χ3n) is 3.64. The van der Waals surface area contributed by atoms with Gasteiger partial charge in [0.25, 0.3) is 0 Å². The number of hydrogen-bond acceptors (Lipinski definition) is 4. The number of benzene rings is 2. The molecule has 122 valence electrons. The van der Waals surface area contributed by atoms with Gasteiger partial charge >= 0.3 is 5.97 Å². The Morgan fingerprint density at radius 3 is 2.62 bits per heavy atom. The number of methoxy groups -OCH3 is 1. The molecule has 0 atom stereocenters. The standard InChI is InChI=1S/C19H16ClNO3/c1-23-17-5-3-2-4-14(17)12-16-19(22)24-18(21-16)11-8-13-6-9-15(20)10-7-13/h2-7,9-10,12H,8,11H2,1H3/b16-12-. The fourth-order valence-corrected chi connectivity index (χ4v) is 2.52. The van der Waals surface area contributed by atoms with Crippen molar-refractivity contribution in [2.75, 3.05) is 7.11 Å². The van der Waals surface area contributed by atoms with E-state index in [1.54, 1.807) is 13.2 Å². The Morgan fingerprint density at radius 2 is 1.88 bits per heavy atom. The minimum absolute atomic E-state index is 0.283. The molecule has 0 radical (unpaired) electrons. The highest BCUT2D eigenvalue weighted by atomic mass is 35.5. The highest BCUT2D eigenvalue weighted by Crippen LogP contribution is 2.24. The number of aryl methyl sites for hydroxylation is 1. The van der Waals surface area contributed by atoms with Crippen molar-refractivity contribution in [1.29, 1.82) is 0 Å². The summed E-state index contributed by atoms with van der Waals surface area (Å²) in [6.45, 7) is 0. The van der Waals surface area contributed by atoms with E-state index in [1.807, 2.05) is 48.5 Å². The van der Waals surface area contributed by atoms with Gasteiger partial charge in [-0.25, -0.2) is 9.79 Å². The van der Waals surface area contributed by atoms with Gasteiger partial charge in [0.15, 0.2) is 11.6 Å². The van der Waals surface area contributed by atoms with E-state index in [9.17, 15) is 4.79 Å². The second-order valence-corrected chi connectivity index (χ2v) is 5.73. The Kier molecular flexibility index (Phi) is 4.96. The van der Waals surface area contributed by atoms with Gasteiger partial charge < -0.3 is 9.47 Å². The van der Waals surface area contributed by atoms with Gasteiger partial charge in [-0.2, -0.15) is 0 Å². The Bertz CT molecular complexity index is 810. The van der Waals surface area contributed by atoms with Gasteiger partial charge in [0.05, 0.1) is 7.11 Å². The van der Waals surface area contributed by atoms with Crippen LogP contribution < -0.4 is 4.74 Å². The number of ether oxygens (including phenoxy) is 2. The van der Waals surface area contributed by atoms with Crippen LogP contribution in [0.2, 0.25) is 5.02 Å². The van der Waals surface area contributed by atoms with E-state index < -0.39 is 5.97 Å². The Labute approximate surface area is 145 Å². The lowest BCUT2D eigenvalue weighted by molar-refractivity contribution is -0.130. The van der Waals surface area contributed by atoms with E-state index in [0.717, 1.165) is 17.5 Å². The molecular weight excluding hydrogens is 326 g/mol. The molecule has 0 unspecified atom stereocenters. The molecule has 2 aromatic carbocycles. The zero-order valence-electron chi connectivity index (χ0n) is 13.2. The molecule has 0 amide bonds. The summed E-state index contributed by atoms with van der Waals surface area (Å²) in [5.74, 6) is 0.672. The van der Waals surface area contributed by atoms with Crippen LogP contribution in [0.4, 0.5) is 0 Å². The van der Waals surface area contributed by atoms with Crippen LogP contribution in [0, 0.1) is 0 Å². The molecule has 3 rings (SSSR count). The molecule has 0 N–H and O–H groups in total. The molecule has 0 bridgehead atoms. The maximum atomic E-state index is 12.0. The van der Waals surface area contributed by atoms with Crippen molar-refractivity contribution in [2.45, 2.75) is 12.8 Å². The Balaban J connectivity index is 1.73. The third kappa shape index (κ3) is 3.84. The lowest BCUT2D eigenvalue weighted by Crippen LogP contribution is -2.05. The number of esters is 1. The van der Waals surface area contributed by atoms with Gasteiger partial charge in [-0.3, -0.25) is 0 Å². The van der Waals surface area contributed by atoms with Crippen molar-refractivity contribution in [3.8, 4) is 5.75 Å². The smallest absolute Gasteiger partial charge is 0.363 e. The first-order valence-corrected chi connectivity index (χ1v) is 7.92. The van der Waals surface area contributed by atoms with Crippen LogP contribution in [0.3, 0.4) is 0 Å². The fourth-order valence-electron chi connectivity index (χ4n) is 2.40. The lowest BCUT2D eigenvalue weighted by Gasteiger charge is -2.03. The van der Waals surface area contributed by atoms with E-state index in [0.29, 0.717) is 23.1 Å². The van der Waals surface area contributed by atoms with E-state index in [-0.39, 0.29) is 5.70 Å². The van der Waals surface area contributed by atoms with Gasteiger partial charge in [-0.15, -0.1) is 0 Å². The molecule has 0 saturated carbocycles. The summed E-state index contributed by atoms with van der Waals surface area (Å²) in [4.78, 5) is 16.3. The van der Waals surface area contributed by atoms with Crippen LogP contribution in [0.1, 0.15) is 17.5 Å². The lowest BCUT2D eigenvalue weighted by atomic mass is 10.1. The minimum atomic E-state index is -0.438.